The van der Waals surface area contributed by atoms with E-state index in [2.05, 4.69) is 10.2 Å². The summed E-state index contributed by atoms with van der Waals surface area (Å²) in [5.41, 5.74) is 0.565. The van der Waals surface area contributed by atoms with E-state index in [9.17, 15) is 4.39 Å². The van der Waals surface area contributed by atoms with Crippen molar-refractivity contribution in [2.75, 3.05) is 26.2 Å². The first-order valence-corrected chi connectivity index (χ1v) is 6.51. The van der Waals surface area contributed by atoms with Crippen LogP contribution in [0.4, 0.5) is 4.39 Å². The Kier molecular flexibility index (Phi) is 4.77. The molecule has 1 aromatic carbocycles. The Morgan fingerprint density at radius 3 is 2.76 bits per heavy atom. The van der Waals surface area contributed by atoms with Crippen LogP contribution in [0.3, 0.4) is 0 Å². The molecule has 1 aliphatic rings. The minimum Gasteiger partial charge on any atom is -0.311 e. The van der Waals surface area contributed by atoms with Gasteiger partial charge in [0.05, 0.1) is 0 Å². The van der Waals surface area contributed by atoms with Crippen molar-refractivity contribution in [2.24, 2.45) is 0 Å². The molecule has 94 valence electrons. The van der Waals surface area contributed by atoms with Gasteiger partial charge in [0.1, 0.15) is 5.82 Å². The summed E-state index contributed by atoms with van der Waals surface area (Å²) in [4.78, 5) is 2.43. The second-order valence-electron chi connectivity index (χ2n) is 4.43. The lowest BCUT2D eigenvalue weighted by atomic mass is 10.2. The predicted octanol–water partition coefficient (Wildman–Crippen LogP) is 2.66. The van der Waals surface area contributed by atoms with Crippen molar-refractivity contribution in [1.29, 1.82) is 0 Å². The summed E-state index contributed by atoms with van der Waals surface area (Å²) >= 11 is 5.95. The molecule has 1 aromatic rings. The van der Waals surface area contributed by atoms with E-state index in [-0.39, 0.29) is 5.82 Å². The van der Waals surface area contributed by atoms with Crippen LogP contribution in [0.2, 0.25) is 5.02 Å². The standard InChI is InChI=1S/C13H18ClFN2/c14-12-4-3-5-13(15)11(12)10-16-6-9-17-7-1-2-8-17/h3-5,16H,1-2,6-10H2. The van der Waals surface area contributed by atoms with Gasteiger partial charge in [0.15, 0.2) is 0 Å². The molecule has 2 nitrogen and oxygen atoms in total. The number of hydrogen-bond donors (Lipinski definition) is 1. The first kappa shape index (κ1) is 12.8. The molecule has 0 amide bonds. The molecule has 0 bridgehead atoms. The first-order chi connectivity index (χ1) is 8.27. The maximum atomic E-state index is 13.4. The highest BCUT2D eigenvalue weighted by Crippen LogP contribution is 2.18. The summed E-state index contributed by atoms with van der Waals surface area (Å²) in [5, 5.41) is 3.74. The normalized spacial score (nSPS) is 16.6. The minimum atomic E-state index is -0.230. The van der Waals surface area contributed by atoms with E-state index in [1.807, 2.05) is 0 Å². The zero-order valence-corrected chi connectivity index (χ0v) is 10.6. The molecule has 17 heavy (non-hydrogen) atoms. The van der Waals surface area contributed by atoms with Crippen molar-refractivity contribution in [3.05, 3.63) is 34.6 Å². The van der Waals surface area contributed by atoms with Gasteiger partial charge in [-0.15, -0.1) is 0 Å². The summed E-state index contributed by atoms with van der Waals surface area (Å²) < 4.78 is 13.4. The van der Waals surface area contributed by atoms with Gasteiger partial charge in [-0.25, -0.2) is 4.39 Å². The molecular formula is C13H18ClFN2. The molecule has 0 atom stereocenters. The largest absolute Gasteiger partial charge is 0.311 e. The average molecular weight is 257 g/mol. The van der Waals surface area contributed by atoms with Crippen molar-refractivity contribution in [1.82, 2.24) is 10.2 Å². The fraction of sp³-hybridized carbons (Fsp3) is 0.538. The first-order valence-electron chi connectivity index (χ1n) is 6.13. The molecule has 0 spiro atoms. The Labute approximate surface area is 107 Å². The van der Waals surface area contributed by atoms with Gasteiger partial charge < -0.3 is 10.2 Å². The number of halogens is 2. The summed E-state index contributed by atoms with van der Waals surface area (Å²) in [7, 11) is 0. The molecule has 0 aromatic heterocycles. The molecule has 1 N–H and O–H groups in total. The van der Waals surface area contributed by atoms with Crippen LogP contribution in [0.25, 0.3) is 0 Å². The SMILES string of the molecule is Fc1cccc(Cl)c1CNCCN1CCCC1. The van der Waals surface area contributed by atoms with Gasteiger partial charge in [0, 0.05) is 30.2 Å². The Morgan fingerprint density at radius 1 is 1.29 bits per heavy atom. The van der Waals surface area contributed by atoms with Gasteiger partial charge in [-0.05, 0) is 38.1 Å². The second kappa shape index (κ2) is 6.34. The van der Waals surface area contributed by atoms with Crippen LogP contribution in [0, 0.1) is 5.82 Å². The summed E-state index contributed by atoms with van der Waals surface area (Å²) in [6.45, 7) is 4.81. The van der Waals surface area contributed by atoms with E-state index in [1.54, 1.807) is 12.1 Å². The van der Waals surface area contributed by atoms with Crippen molar-refractivity contribution >= 4 is 11.6 Å². The van der Waals surface area contributed by atoms with Crippen molar-refractivity contribution in [3.8, 4) is 0 Å². The van der Waals surface area contributed by atoms with Gasteiger partial charge in [-0.3, -0.25) is 0 Å². The molecule has 2 rings (SSSR count). The minimum absolute atomic E-state index is 0.230. The molecule has 0 unspecified atom stereocenters. The van der Waals surface area contributed by atoms with Crippen molar-refractivity contribution in [3.63, 3.8) is 0 Å². The topological polar surface area (TPSA) is 15.3 Å². The Balaban J connectivity index is 1.74. The third-order valence-electron chi connectivity index (χ3n) is 3.17. The van der Waals surface area contributed by atoms with E-state index in [4.69, 9.17) is 11.6 Å². The fourth-order valence-electron chi connectivity index (χ4n) is 2.16. The van der Waals surface area contributed by atoms with Crippen LogP contribution in [-0.2, 0) is 6.54 Å². The van der Waals surface area contributed by atoms with Gasteiger partial charge in [0.2, 0.25) is 0 Å². The number of nitrogens with zero attached hydrogens (tertiary/aromatic N) is 1. The Morgan fingerprint density at radius 2 is 2.06 bits per heavy atom. The Bertz CT molecular complexity index is 344. The van der Waals surface area contributed by atoms with Gasteiger partial charge in [0.25, 0.3) is 0 Å². The smallest absolute Gasteiger partial charge is 0.129 e. The lowest BCUT2D eigenvalue weighted by Crippen LogP contribution is -2.29. The maximum absolute atomic E-state index is 13.4. The molecule has 0 aliphatic carbocycles. The molecule has 1 aliphatic heterocycles. The van der Waals surface area contributed by atoms with E-state index >= 15 is 0 Å². The van der Waals surface area contributed by atoms with Crippen LogP contribution in [0.5, 0.6) is 0 Å². The van der Waals surface area contributed by atoms with E-state index in [0.717, 1.165) is 13.1 Å². The van der Waals surface area contributed by atoms with E-state index in [1.165, 1.54) is 32.0 Å². The highest BCUT2D eigenvalue weighted by Gasteiger charge is 2.10. The van der Waals surface area contributed by atoms with Crippen LogP contribution in [-0.4, -0.2) is 31.1 Å². The van der Waals surface area contributed by atoms with Gasteiger partial charge in [-0.1, -0.05) is 17.7 Å². The highest BCUT2D eigenvalue weighted by molar-refractivity contribution is 6.31. The molecular weight excluding hydrogens is 239 g/mol. The number of likely N-dealkylation sites (tertiary alicyclic amines) is 1. The maximum Gasteiger partial charge on any atom is 0.129 e. The summed E-state index contributed by atoms with van der Waals surface area (Å²) in [5.74, 6) is -0.230. The lowest BCUT2D eigenvalue weighted by molar-refractivity contribution is 0.335. The zero-order chi connectivity index (χ0) is 12.1. The molecule has 1 fully saturated rings. The second-order valence-corrected chi connectivity index (χ2v) is 4.83. The van der Waals surface area contributed by atoms with Crippen LogP contribution < -0.4 is 5.32 Å². The number of nitrogens with one attached hydrogen (secondary N) is 1. The number of benzene rings is 1. The van der Waals surface area contributed by atoms with Crippen molar-refractivity contribution < 1.29 is 4.39 Å². The quantitative estimate of drug-likeness (QED) is 0.815. The summed E-state index contributed by atoms with van der Waals surface area (Å²) in [6.07, 6.45) is 2.61. The predicted molar refractivity (Wildman–Crippen MR) is 68.8 cm³/mol. The third kappa shape index (κ3) is 3.66. The number of rotatable bonds is 5. The molecule has 4 heteroatoms. The van der Waals surface area contributed by atoms with E-state index in [0.29, 0.717) is 17.1 Å². The fourth-order valence-corrected chi connectivity index (χ4v) is 2.39. The third-order valence-corrected chi connectivity index (χ3v) is 3.52. The van der Waals surface area contributed by atoms with Gasteiger partial charge >= 0.3 is 0 Å². The van der Waals surface area contributed by atoms with Crippen LogP contribution in [0.15, 0.2) is 18.2 Å². The molecule has 1 heterocycles. The summed E-state index contributed by atoms with van der Waals surface area (Å²) in [6, 6.07) is 4.80. The highest BCUT2D eigenvalue weighted by atomic mass is 35.5. The van der Waals surface area contributed by atoms with Crippen molar-refractivity contribution in [2.45, 2.75) is 19.4 Å². The van der Waals surface area contributed by atoms with Gasteiger partial charge in [-0.2, -0.15) is 0 Å². The zero-order valence-electron chi connectivity index (χ0n) is 9.88. The van der Waals surface area contributed by atoms with Crippen LogP contribution >= 0.6 is 11.6 Å². The van der Waals surface area contributed by atoms with Crippen LogP contribution in [0.1, 0.15) is 18.4 Å². The van der Waals surface area contributed by atoms with E-state index < -0.39 is 0 Å². The number of hydrogen-bond acceptors (Lipinski definition) is 2. The average Bonchev–Trinajstić information content (AvgIpc) is 2.80. The molecule has 0 saturated carbocycles. The lowest BCUT2D eigenvalue weighted by Gasteiger charge is -2.15. The molecule has 0 radical (unpaired) electrons. The monoisotopic (exact) mass is 256 g/mol. The molecule has 1 saturated heterocycles. The Hall–Kier alpha value is -0.640.